The van der Waals surface area contributed by atoms with Gasteiger partial charge in [0.1, 0.15) is 0 Å². The molecule has 0 bridgehead atoms. The summed E-state index contributed by atoms with van der Waals surface area (Å²) in [5.41, 5.74) is 6.23. The van der Waals surface area contributed by atoms with Crippen LogP contribution in [0.5, 0.6) is 0 Å². The lowest BCUT2D eigenvalue weighted by Crippen LogP contribution is -2.04. The summed E-state index contributed by atoms with van der Waals surface area (Å²) in [7, 11) is 0. The Balaban J connectivity index is 2.40. The molecule has 0 spiro atoms. The van der Waals surface area contributed by atoms with Crippen LogP contribution in [0.25, 0.3) is 11.1 Å². The molecule has 25 heavy (non-hydrogen) atoms. The van der Waals surface area contributed by atoms with E-state index < -0.39 is 0 Å². The molecule has 0 fully saturated rings. The highest BCUT2D eigenvalue weighted by Crippen LogP contribution is 2.27. The zero-order valence-corrected chi connectivity index (χ0v) is 14.7. The minimum Gasteiger partial charge on any atom is -0.265 e. The Bertz CT molecular complexity index is 926. The molecule has 0 amide bonds. The predicted molar refractivity (Wildman–Crippen MR) is 99.5 cm³/mol. The van der Waals surface area contributed by atoms with Crippen LogP contribution in [-0.2, 0) is 6.54 Å². The molecule has 0 saturated carbocycles. The van der Waals surface area contributed by atoms with Gasteiger partial charge in [-0.1, -0.05) is 30.9 Å². The third-order valence-electron chi connectivity index (χ3n) is 4.06. The zero-order valence-electron chi connectivity index (χ0n) is 14.7. The molecule has 0 aliphatic carbocycles. The number of aryl methyl sites for hydroxylation is 1. The van der Waals surface area contributed by atoms with Gasteiger partial charge in [0.2, 0.25) is 0 Å². The molecule has 124 valence electrons. The molecule has 1 aromatic carbocycles. The van der Waals surface area contributed by atoms with Gasteiger partial charge >= 0.3 is 0 Å². The summed E-state index contributed by atoms with van der Waals surface area (Å²) < 4.78 is 1.92. The van der Waals surface area contributed by atoms with E-state index in [-0.39, 0.29) is 0 Å². The van der Waals surface area contributed by atoms with Gasteiger partial charge in [-0.05, 0) is 50.1 Å². The van der Waals surface area contributed by atoms with Crippen molar-refractivity contribution in [1.82, 2.24) is 9.78 Å². The topological polar surface area (TPSA) is 65.4 Å². The maximum Gasteiger partial charge on any atom is 0.0991 e. The van der Waals surface area contributed by atoms with E-state index in [1.165, 1.54) is 0 Å². The fourth-order valence-corrected chi connectivity index (χ4v) is 2.70. The molecule has 0 radical (unpaired) electrons. The van der Waals surface area contributed by atoms with Crippen LogP contribution >= 0.6 is 0 Å². The molecule has 0 aliphatic rings. The number of nitriles is 2. The first-order valence-corrected chi connectivity index (χ1v) is 7.98. The van der Waals surface area contributed by atoms with Gasteiger partial charge in [-0.25, -0.2) is 0 Å². The highest BCUT2D eigenvalue weighted by Gasteiger charge is 2.14. The second kappa shape index (κ2) is 7.95. The lowest BCUT2D eigenvalue weighted by atomic mass is 10.0. The van der Waals surface area contributed by atoms with Crippen LogP contribution in [0.1, 0.15) is 23.9 Å². The van der Waals surface area contributed by atoms with Crippen LogP contribution in [0.3, 0.4) is 0 Å². The van der Waals surface area contributed by atoms with E-state index in [1.54, 1.807) is 12.2 Å². The molecule has 0 saturated heterocycles. The molecule has 0 unspecified atom stereocenters. The predicted octanol–water partition coefficient (Wildman–Crippen LogP) is 4.62. The molecule has 2 aromatic rings. The van der Waals surface area contributed by atoms with E-state index in [2.05, 4.69) is 23.8 Å². The summed E-state index contributed by atoms with van der Waals surface area (Å²) in [5.74, 6) is 0. The minimum atomic E-state index is 0.547. The van der Waals surface area contributed by atoms with E-state index in [0.717, 1.165) is 28.1 Å². The standard InChI is InChI=1S/C21H20N4/c1-5-17(12-22)11-18(6-2)14-25-16(4)21(15(3)24-25)20-9-7-19(13-23)8-10-20/h5-11H,2,14H2,1,3-4H3/b17-5+,18-11+. The summed E-state index contributed by atoms with van der Waals surface area (Å²) >= 11 is 0. The minimum absolute atomic E-state index is 0.547. The Hall–Kier alpha value is -3.37. The molecular weight excluding hydrogens is 308 g/mol. The average molecular weight is 328 g/mol. The zero-order chi connectivity index (χ0) is 18.4. The van der Waals surface area contributed by atoms with Crippen molar-refractivity contribution in [2.45, 2.75) is 27.3 Å². The van der Waals surface area contributed by atoms with E-state index in [1.807, 2.05) is 55.8 Å². The van der Waals surface area contributed by atoms with Crippen molar-refractivity contribution < 1.29 is 0 Å². The van der Waals surface area contributed by atoms with Crippen LogP contribution in [0.2, 0.25) is 0 Å². The first kappa shape index (κ1) is 18.0. The van der Waals surface area contributed by atoms with Crippen molar-refractivity contribution in [2.24, 2.45) is 0 Å². The summed E-state index contributed by atoms with van der Waals surface area (Å²) in [6.07, 6.45) is 5.34. The molecule has 4 heteroatoms. The Kier molecular flexibility index (Phi) is 5.71. The highest BCUT2D eigenvalue weighted by molar-refractivity contribution is 5.69. The number of benzene rings is 1. The lowest BCUT2D eigenvalue weighted by Gasteiger charge is -2.07. The highest BCUT2D eigenvalue weighted by atomic mass is 15.3. The smallest absolute Gasteiger partial charge is 0.0991 e. The Morgan fingerprint density at radius 3 is 2.44 bits per heavy atom. The van der Waals surface area contributed by atoms with Crippen molar-refractivity contribution >= 4 is 0 Å². The summed E-state index contributed by atoms with van der Waals surface area (Å²) in [5, 5.41) is 22.7. The van der Waals surface area contributed by atoms with Crippen LogP contribution in [-0.4, -0.2) is 9.78 Å². The second-order valence-electron chi connectivity index (χ2n) is 5.67. The maximum atomic E-state index is 9.09. The summed E-state index contributed by atoms with van der Waals surface area (Å²) in [4.78, 5) is 0. The van der Waals surface area contributed by atoms with E-state index in [4.69, 9.17) is 10.5 Å². The van der Waals surface area contributed by atoms with Crippen molar-refractivity contribution in [1.29, 1.82) is 10.5 Å². The number of nitrogens with zero attached hydrogens (tertiary/aromatic N) is 4. The summed E-state index contributed by atoms with van der Waals surface area (Å²) in [6.45, 7) is 10.2. The molecule has 2 rings (SSSR count). The number of rotatable bonds is 5. The largest absolute Gasteiger partial charge is 0.265 e. The molecule has 4 nitrogen and oxygen atoms in total. The Morgan fingerprint density at radius 1 is 1.24 bits per heavy atom. The van der Waals surface area contributed by atoms with Crippen LogP contribution in [0, 0.1) is 36.5 Å². The second-order valence-corrected chi connectivity index (χ2v) is 5.67. The maximum absolute atomic E-state index is 9.09. The van der Waals surface area contributed by atoms with Gasteiger partial charge in [0.15, 0.2) is 0 Å². The van der Waals surface area contributed by atoms with Crippen LogP contribution < -0.4 is 0 Å². The molecule has 1 heterocycles. The first-order valence-electron chi connectivity index (χ1n) is 7.98. The van der Waals surface area contributed by atoms with Crippen molar-refractivity contribution in [3.63, 3.8) is 0 Å². The normalized spacial score (nSPS) is 11.7. The molecule has 0 aliphatic heterocycles. The molecule has 0 N–H and O–H groups in total. The van der Waals surface area contributed by atoms with E-state index in [9.17, 15) is 0 Å². The van der Waals surface area contributed by atoms with Gasteiger partial charge in [-0.15, -0.1) is 0 Å². The van der Waals surface area contributed by atoms with Crippen LogP contribution in [0.4, 0.5) is 0 Å². The van der Waals surface area contributed by atoms with E-state index >= 15 is 0 Å². The van der Waals surface area contributed by atoms with Gasteiger partial charge < -0.3 is 0 Å². The van der Waals surface area contributed by atoms with Gasteiger partial charge in [0.25, 0.3) is 0 Å². The van der Waals surface area contributed by atoms with Gasteiger partial charge in [0.05, 0.1) is 29.9 Å². The monoisotopic (exact) mass is 328 g/mol. The lowest BCUT2D eigenvalue weighted by molar-refractivity contribution is 0.658. The summed E-state index contributed by atoms with van der Waals surface area (Å²) in [6, 6.07) is 11.8. The third-order valence-corrected chi connectivity index (χ3v) is 4.06. The number of allylic oxidation sites excluding steroid dienone is 5. The number of aromatic nitrogens is 2. The SMILES string of the molecule is C=C/C(=C\C(C#N)=C/C)Cn1nc(C)c(-c2ccc(C#N)cc2)c1C. The fourth-order valence-electron chi connectivity index (χ4n) is 2.70. The van der Waals surface area contributed by atoms with Crippen molar-refractivity contribution in [3.8, 4) is 23.3 Å². The number of hydrogen-bond donors (Lipinski definition) is 0. The molecule has 1 aromatic heterocycles. The van der Waals surface area contributed by atoms with E-state index in [0.29, 0.717) is 17.7 Å². The molecule has 0 atom stereocenters. The molecular formula is C21H20N4. The number of hydrogen-bond acceptors (Lipinski definition) is 3. The van der Waals surface area contributed by atoms with Crippen molar-refractivity contribution in [2.75, 3.05) is 0 Å². The quantitative estimate of drug-likeness (QED) is 0.594. The van der Waals surface area contributed by atoms with Gasteiger partial charge in [-0.2, -0.15) is 15.6 Å². The average Bonchev–Trinajstić information content (AvgIpc) is 2.92. The van der Waals surface area contributed by atoms with Gasteiger partial charge in [-0.3, -0.25) is 4.68 Å². The van der Waals surface area contributed by atoms with Gasteiger partial charge in [0, 0.05) is 16.8 Å². The van der Waals surface area contributed by atoms with Crippen molar-refractivity contribution in [3.05, 3.63) is 77.2 Å². The Labute approximate surface area is 148 Å². The Morgan fingerprint density at radius 2 is 1.92 bits per heavy atom. The van der Waals surface area contributed by atoms with Crippen LogP contribution in [0.15, 0.2) is 60.2 Å². The fraction of sp³-hybridized carbons (Fsp3) is 0.190. The first-order chi connectivity index (χ1) is 12.0. The third kappa shape index (κ3) is 3.94.